The van der Waals surface area contributed by atoms with E-state index < -0.39 is 18.2 Å². The molecule has 0 aliphatic rings. The van der Waals surface area contributed by atoms with Crippen LogP contribution in [0.3, 0.4) is 0 Å². The molecule has 244 valence electrons. The number of hydrogen-bond acceptors (Lipinski definition) is 11. The van der Waals surface area contributed by atoms with Crippen LogP contribution in [0.4, 0.5) is 15.3 Å². The minimum absolute atomic E-state index is 0.0150. The smallest absolute Gasteiger partial charge is 0.419 e. The van der Waals surface area contributed by atoms with Crippen molar-refractivity contribution < 1.29 is 38.1 Å². The number of carbonyl (C=O) groups excluding carboxylic acids is 4. The molecule has 0 atom stereocenters. The number of amides is 3. The Morgan fingerprint density at radius 2 is 1.53 bits per heavy atom. The average Bonchev–Trinajstić information content (AvgIpc) is 3.00. The van der Waals surface area contributed by atoms with Gasteiger partial charge in [0.25, 0.3) is 0 Å². The van der Waals surface area contributed by atoms with E-state index in [0.717, 1.165) is 32.4 Å². The molecule has 0 radical (unpaired) electrons. The van der Waals surface area contributed by atoms with Gasteiger partial charge in [-0.15, -0.1) is 0 Å². The number of hydrogen-bond donors (Lipinski definition) is 2. The number of aromatic nitrogens is 1. The quantitative estimate of drug-likeness (QED) is 0.0985. The van der Waals surface area contributed by atoms with Crippen LogP contribution in [0.2, 0.25) is 5.02 Å². The lowest BCUT2D eigenvalue weighted by Gasteiger charge is -2.25. The van der Waals surface area contributed by atoms with Crippen molar-refractivity contribution in [2.45, 2.75) is 27.2 Å². The number of benzene rings is 2. The Hall–Kier alpha value is -4.36. The number of pyridine rings is 1. The number of fused-ring (bicyclic) bond motifs is 2. The highest BCUT2D eigenvalue weighted by atomic mass is 35.5. The molecule has 14 heteroatoms. The third kappa shape index (κ3) is 10.4. The molecular weight excluding hydrogens is 606 g/mol. The first-order chi connectivity index (χ1) is 21.7. The van der Waals surface area contributed by atoms with Crippen LogP contribution in [0, 0.1) is 0 Å². The highest BCUT2D eigenvalue weighted by Gasteiger charge is 2.26. The van der Waals surface area contributed by atoms with Crippen molar-refractivity contribution in [1.29, 1.82) is 0 Å². The van der Waals surface area contributed by atoms with Gasteiger partial charge in [-0.1, -0.05) is 11.6 Å². The highest BCUT2D eigenvalue weighted by molar-refractivity contribution is 6.31. The van der Waals surface area contributed by atoms with Crippen molar-refractivity contribution in [2.24, 2.45) is 0 Å². The van der Waals surface area contributed by atoms with E-state index in [2.05, 4.69) is 10.6 Å². The van der Waals surface area contributed by atoms with E-state index in [9.17, 15) is 19.2 Å². The van der Waals surface area contributed by atoms with Gasteiger partial charge in [-0.2, -0.15) is 0 Å². The van der Waals surface area contributed by atoms with Crippen LogP contribution in [0.1, 0.15) is 27.2 Å². The molecular formula is C31H40ClN5O8. The summed E-state index contributed by atoms with van der Waals surface area (Å²) in [7, 11) is 1.61. The van der Waals surface area contributed by atoms with Crippen molar-refractivity contribution in [3.63, 3.8) is 0 Å². The molecule has 0 saturated heterocycles. The number of carbonyl (C=O) groups is 4. The maximum absolute atomic E-state index is 12.8. The number of nitrogens with zero attached hydrogens (tertiary/aromatic N) is 3. The van der Waals surface area contributed by atoms with E-state index in [1.807, 2.05) is 36.4 Å². The number of methoxy groups -OCH3 is 1. The molecule has 3 aromatic rings. The van der Waals surface area contributed by atoms with Gasteiger partial charge in [0, 0.05) is 42.0 Å². The second-order valence-corrected chi connectivity index (χ2v) is 10.2. The molecule has 3 amide bonds. The summed E-state index contributed by atoms with van der Waals surface area (Å²) in [6.45, 7) is 5.58. The van der Waals surface area contributed by atoms with Crippen molar-refractivity contribution >= 4 is 63.2 Å². The number of esters is 1. The molecule has 0 unspecified atom stereocenters. The van der Waals surface area contributed by atoms with E-state index in [-0.39, 0.29) is 51.9 Å². The van der Waals surface area contributed by atoms with Gasteiger partial charge in [0.2, 0.25) is 5.91 Å². The maximum Gasteiger partial charge on any atom is 0.419 e. The lowest BCUT2D eigenvalue weighted by molar-refractivity contribution is -0.144. The lowest BCUT2D eigenvalue weighted by atomic mass is 10.1. The first-order valence-corrected chi connectivity index (χ1v) is 15.1. The molecule has 2 aromatic carbocycles. The molecule has 0 aliphatic heterocycles. The SMILES string of the molecule is CCOC(=O)CN(CCN(C(=O)OCC)C(=O)OCC)CC(=O)NCCCNc1c2ccc(Cl)cc2nc2ccc(OC)cc12. The van der Waals surface area contributed by atoms with Crippen LogP contribution in [-0.2, 0) is 23.8 Å². The number of ether oxygens (including phenoxy) is 4. The van der Waals surface area contributed by atoms with Crippen molar-refractivity contribution in [2.75, 3.05) is 71.5 Å². The van der Waals surface area contributed by atoms with Gasteiger partial charge >= 0.3 is 18.2 Å². The zero-order chi connectivity index (χ0) is 32.8. The Morgan fingerprint density at radius 3 is 2.20 bits per heavy atom. The highest BCUT2D eigenvalue weighted by Crippen LogP contribution is 2.34. The number of rotatable bonds is 16. The van der Waals surface area contributed by atoms with Crippen LogP contribution in [-0.4, -0.2) is 105 Å². The van der Waals surface area contributed by atoms with Crippen LogP contribution < -0.4 is 15.4 Å². The fourth-order valence-electron chi connectivity index (χ4n) is 4.51. The third-order valence-corrected chi connectivity index (χ3v) is 6.80. The predicted molar refractivity (Wildman–Crippen MR) is 171 cm³/mol. The summed E-state index contributed by atoms with van der Waals surface area (Å²) in [5, 5.41) is 8.71. The van der Waals surface area contributed by atoms with Gasteiger partial charge in [-0.05, 0) is 63.6 Å². The first-order valence-electron chi connectivity index (χ1n) is 14.8. The van der Waals surface area contributed by atoms with Gasteiger partial charge in [0.15, 0.2) is 0 Å². The maximum atomic E-state index is 12.8. The number of nitrogens with one attached hydrogen (secondary N) is 2. The van der Waals surface area contributed by atoms with E-state index in [0.29, 0.717) is 30.3 Å². The fourth-order valence-corrected chi connectivity index (χ4v) is 4.67. The zero-order valence-electron chi connectivity index (χ0n) is 26.0. The molecule has 0 saturated carbocycles. The Balaban J connectivity index is 1.61. The van der Waals surface area contributed by atoms with Crippen LogP contribution in [0.25, 0.3) is 21.8 Å². The Bertz CT molecular complexity index is 1470. The predicted octanol–water partition coefficient (Wildman–Crippen LogP) is 4.45. The second-order valence-electron chi connectivity index (χ2n) is 9.73. The van der Waals surface area contributed by atoms with E-state index in [1.54, 1.807) is 27.9 Å². The standard InChI is InChI=1S/C31H40ClN5O8/c1-5-43-28(39)20-36(15-16-37(30(40)44-6-2)31(41)45-7-3)19-27(38)33-13-8-14-34-29-23-11-9-21(32)17-26(23)35-25-12-10-22(42-4)18-24(25)29/h9-12,17-18H,5-8,13-16,19-20H2,1-4H3,(H,33,38)(H,34,35). The fraction of sp³-hybridized carbons (Fsp3) is 0.452. The monoisotopic (exact) mass is 645 g/mol. The molecule has 0 spiro atoms. The van der Waals surface area contributed by atoms with E-state index in [4.69, 9.17) is 35.5 Å². The Labute approximate surface area is 267 Å². The molecule has 13 nitrogen and oxygen atoms in total. The zero-order valence-corrected chi connectivity index (χ0v) is 26.8. The largest absolute Gasteiger partial charge is 0.497 e. The first kappa shape index (κ1) is 35.1. The van der Waals surface area contributed by atoms with Gasteiger partial charge in [-0.3, -0.25) is 14.5 Å². The molecule has 3 rings (SSSR count). The molecule has 1 aromatic heterocycles. The van der Waals surface area contributed by atoms with Crippen LogP contribution in [0.5, 0.6) is 5.75 Å². The Kier molecular flexibility index (Phi) is 13.9. The van der Waals surface area contributed by atoms with Gasteiger partial charge in [0.1, 0.15) is 5.75 Å². The molecule has 0 fully saturated rings. The Morgan fingerprint density at radius 1 is 0.822 bits per heavy atom. The topological polar surface area (TPSA) is 149 Å². The lowest BCUT2D eigenvalue weighted by Crippen LogP contribution is -2.47. The van der Waals surface area contributed by atoms with Crippen molar-refractivity contribution in [3.8, 4) is 5.75 Å². The molecule has 0 aliphatic carbocycles. The normalized spacial score (nSPS) is 10.9. The van der Waals surface area contributed by atoms with Gasteiger partial charge < -0.3 is 29.6 Å². The van der Waals surface area contributed by atoms with Crippen molar-refractivity contribution in [1.82, 2.24) is 20.1 Å². The summed E-state index contributed by atoms with van der Waals surface area (Å²) in [5.41, 5.74) is 2.42. The average molecular weight is 646 g/mol. The van der Waals surface area contributed by atoms with Crippen LogP contribution >= 0.6 is 11.6 Å². The third-order valence-electron chi connectivity index (χ3n) is 6.56. The van der Waals surface area contributed by atoms with Crippen molar-refractivity contribution in [3.05, 3.63) is 41.4 Å². The minimum atomic E-state index is -0.875. The number of halogens is 1. The molecule has 0 bridgehead atoms. The summed E-state index contributed by atoms with van der Waals surface area (Å²) in [5.74, 6) is -0.173. The van der Waals surface area contributed by atoms with E-state index in [1.165, 1.54) is 4.90 Å². The summed E-state index contributed by atoms with van der Waals surface area (Å²) in [6.07, 6.45) is -1.16. The molecule has 2 N–H and O–H groups in total. The van der Waals surface area contributed by atoms with Gasteiger partial charge in [-0.25, -0.2) is 19.5 Å². The second kappa shape index (κ2) is 17.8. The van der Waals surface area contributed by atoms with Gasteiger partial charge in [0.05, 0.1) is 56.7 Å². The summed E-state index contributed by atoms with van der Waals surface area (Å²) in [6, 6.07) is 11.2. The van der Waals surface area contributed by atoms with E-state index >= 15 is 0 Å². The number of imide groups is 1. The molecule has 45 heavy (non-hydrogen) atoms. The summed E-state index contributed by atoms with van der Waals surface area (Å²) >= 11 is 6.22. The summed E-state index contributed by atoms with van der Waals surface area (Å²) < 4.78 is 20.4. The number of anilines is 1. The summed E-state index contributed by atoms with van der Waals surface area (Å²) in [4.78, 5) is 56.7. The minimum Gasteiger partial charge on any atom is -0.497 e. The molecule has 1 heterocycles. The van der Waals surface area contributed by atoms with Crippen LogP contribution in [0.15, 0.2) is 36.4 Å².